The second kappa shape index (κ2) is 7.04. The van der Waals surface area contributed by atoms with Gasteiger partial charge in [-0.1, -0.05) is 17.7 Å². The van der Waals surface area contributed by atoms with E-state index in [-0.39, 0.29) is 12.3 Å². The van der Waals surface area contributed by atoms with Crippen LogP contribution in [-0.4, -0.2) is 44.3 Å². The van der Waals surface area contributed by atoms with Crippen LogP contribution in [0.2, 0.25) is 0 Å². The number of fused-ring (bicyclic) bond motifs is 1. The zero-order valence-electron chi connectivity index (χ0n) is 15.2. The van der Waals surface area contributed by atoms with Gasteiger partial charge < -0.3 is 5.73 Å². The Bertz CT molecular complexity index is 1230. The van der Waals surface area contributed by atoms with Crippen molar-refractivity contribution in [3.63, 3.8) is 0 Å². The smallest absolute Gasteiger partial charge is 0.203 e. The van der Waals surface area contributed by atoms with Crippen molar-refractivity contribution >= 4 is 26.8 Å². The van der Waals surface area contributed by atoms with E-state index in [9.17, 15) is 8.42 Å². The van der Waals surface area contributed by atoms with Crippen molar-refractivity contribution in [2.24, 2.45) is 0 Å². The molecule has 0 spiro atoms. The van der Waals surface area contributed by atoms with E-state index in [1.807, 2.05) is 13.1 Å². The van der Waals surface area contributed by atoms with Crippen LogP contribution >= 0.6 is 0 Å². The highest BCUT2D eigenvalue weighted by Crippen LogP contribution is 2.19. The van der Waals surface area contributed by atoms with Crippen LogP contribution in [0.4, 0.5) is 5.82 Å². The number of hydrogen-bond acceptors (Lipinski definition) is 7. The van der Waals surface area contributed by atoms with Crippen LogP contribution < -0.4 is 5.73 Å². The maximum atomic E-state index is 12.5. The summed E-state index contributed by atoms with van der Waals surface area (Å²) in [6.07, 6.45) is 4.08. The van der Waals surface area contributed by atoms with Crippen LogP contribution in [-0.2, 0) is 22.8 Å². The van der Waals surface area contributed by atoms with Gasteiger partial charge >= 0.3 is 0 Å². The van der Waals surface area contributed by atoms with Crippen molar-refractivity contribution in [3.05, 3.63) is 59.4 Å². The van der Waals surface area contributed by atoms with Crippen molar-refractivity contribution < 1.29 is 8.42 Å². The predicted molar refractivity (Wildman–Crippen MR) is 104 cm³/mol. The molecule has 144 valence electrons. The molecule has 3 heterocycles. The first kappa shape index (κ1) is 18.1. The van der Waals surface area contributed by atoms with E-state index >= 15 is 0 Å². The Kier molecular flexibility index (Phi) is 4.55. The number of nitrogen functional groups attached to an aromatic ring is 1. The third-order valence-electron chi connectivity index (χ3n) is 4.44. The van der Waals surface area contributed by atoms with Gasteiger partial charge in [-0.2, -0.15) is 15.4 Å². The highest BCUT2D eigenvalue weighted by atomic mass is 32.2. The largest absolute Gasteiger partial charge is 0.384 e. The van der Waals surface area contributed by atoms with Gasteiger partial charge in [0.1, 0.15) is 11.3 Å². The van der Waals surface area contributed by atoms with Crippen LogP contribution in [0.25, 0.3) is 11.2 Å². The highest BCUT2D eigenvalue weighted by Gasteiger charge is 2.15. The van der Waals surface area contributed by atoms with E-state index in [0.29, 0.717) is 28.3 Å². The maximum absolute atomic E-state index is 12.5. The lowest BCUT2D eigenvalue weighted by Crippen LogP contribution is -2.13. The van der Waals surface area contributed by atoms with E-state index in [0.717, 1.165) is 16.7 Å². The van der Waals surface area contributed by atoms with Crippen LogP contribution in [0.1, 0.15) is 16.7 Å². The lowest BCUT2D eigenvalue weighted by Gasteiger charge is -2.05. The zero-order chi connectivity index (χ0) is 19.7. The fraction of sp³-hybridized carbons (Fsp3) is 0.222. The fourth-order valence-electron chi connectivity index (χ4n) is 2.97. The molecule has 0 saturated carbocycles. The number of pyridine rings is 1. The van der Waals surface area contributed by atoms with Crippen molar-refractivity contribution in [1.82, 2.24) is 30.2 Å². The molecule has 0 bridgehead atoms. The average Bonchev–Trinajstić information content (AvgIpc) is 3.29. The second-order valence-corrected chi connectivity index (χ2v) is 8.73. The van der Waals surface area contributed by atoms with Crippen molar-refractivity contribution in [2.75, 3.05) is 11.5 Å². The Hall–Kier alpha value is -3.27. The number of nitrogens with zero attached hydrogens (tertiary/aromatic N) is 5. The molecule has 3 N–H and O–H groups in total. The third-order valence-corrected chi connectivity index (χ3v) is 6.15. The maximum Gasteiger partial charge on any atom is 0.203 e. The molecular weight excluding hydrogens is 378 g/mol. The lowest BCUT2D eigenvalue weighted by atomic mass is 10.1. The molecule has 0 atom stereocenters. The summed E-state index contributed by atoms with van der Waals surface area (Å²) in [6, 6.07) is 8.62. The van der Waals surface area contributed by atoms with Gasteiger partial charge in [-0.3, -0.25) is 4.68 Å². The van der Waals surface area contributed by atoms with Crippen molar-refractivity contribution in [3.8, 4) is 0 Å². The molecule has 0 radical (unpaired) electrons. The number of aromatic nitrogens is 6. The number of nitrogens with one attached hydrogen (secondary N) is 1. The average molecular weight is 397 g/mol. The number of H-pyrrole nitrogens is 1. The predicted octanol–water partition coefficient (Wildman–Crippen LogP) is 1.50. The molecule has 4 rings (SSSR count). The van der Waals surface area contributed by atoms with Gasteiger partial charge in [-0.15, -0.1) is 5.10 Å². The van der Waals surface area contributed by atoms with Gasteiger partial charge in [0.2, 0.25) is 5.65 Å². The number of sulfone groups is 1. The van der Waals surface area contributed by atoms with Crippen molar-refractivity contribution in [2.45, 2.75) is 24.8 Å². The first-order chi connectivity index (χ1) is 13.4. The summed E-state index contributed by atoms with van der Waals surface area (Å²) in [5.41, 5.74) is 9.76. The monoisotopic (exact) mass is 397 g/mol. The molecule has 9 nitrogen and oxygen atoms in total. The standard InChI is InChI=1S/C18H19N7O2S/c1-12-2-4-15(5-3-12)28(26,27)7-6-25-11-13(10-20-25)8-14-9-16(19)21-18-17(14)22-24-23-18/h2-5,9-11H,6-8H2,1H3,(H3,19,21,22,23,24). The Labute approximate surface area is 161 Å². The van der Waals surface area contributed by atoms with Crippen LogP contribution in [0.5, 0.6) is 0 Å². The molecule has 1 aromatic carbocycles. The Morgan fingerprint density at radius 2 is 1.96 bits per heavy atom. The summed E-state index contributed by atoms with van der Waals surface area (Å²) in [5, 5.41) is 14.9. The minimum atomic E-state index is -3.36. The lowest BCUT2D eigenvalue weighted by molar-refractivity contribution is 0.580. The molecule has 0 aliphatic rings. The van der Waals surface area contributed by atoms with Crippen LogP contribution in [0.3, 0.4) is 0 Å². The van der Waals surface area contributed by atoms with Gasteiger partial charge in [-0.05, 0) is 36.2 Å². The quantitative estimate of drug-likeness (QED) is 0.504. The summed E-state index contributed by atoms with van der Waals surface area (Å²) in [6.45, 7) is 2.19. The van der Waals surface area contributed by atoms with Gasteiger partial charge in [0, 0.05) is 12.6 Å². The highest BCUT2D eigenvalue weighted by molar-refractivity contribution is 7.91. The summed E-state index contributed by atoms with van der Waals surface area (Å²) in [4.78, 5) is 4.44. The molecule has 0 aliphatic carbocycles. The molecule has 10 heteroatoms. The molecular formula is C18H19N7O2S. The number of anilines is 1. The van der Waals surface area contributed by atoms with Gasteiger partial charge in [0.15, 0.2) is 9.84 Å². The van der Waals surface area contributed by atoms with Crippen molar-refractivity contribution in [1.29, 1.82) is 0 Å². The van der Waals surface area contributed by atoms with E-state index in [1.165, 1.54) is 0 Å². The molecule has 0 saturated heterocycles. The van der Waals surface area contributed by atoms with E-state index in [2.05, 4.69) is 25.5 Å². The Morgan fingerprint density at radius 3 is 2.75 bits per heavy atom. The Balaban J connectivity index is 1.47. The summed E-state index contributed by atoms with van der Waals surface area (Å²) < 4.78 is 26.6. The number of aryl methyl sites for hydroxylation is 2. The summed E-state index contributed by atoms with van der Waals surface area (Å²) in [5.74, 6) is 0.348. The van der Waals surface area contributed by atoms with E-state index in [4.69, 9.17) is 5.73 Å². The molecule has 3 aromatic heterocycles. The molecule has 0 aliphatic heterocycles. The molecule has 0 amide bonds. The number of benzene rings is 1. The minimum Gasteiger partial charge on any atom is -0.384 e. The number of nitrogens with two attached hydrogens (primary N) is 1. The molecule has 28 heavy (non-hydrogen) atoms. The fourth-order valence-corrected chi connectivity index (χ4v) is 4.19. The molecule has 4 aromatic rings. The molecule has 0 unspecified atom stereocenters. The number of aromatic amines is 1. The van der Waals surface area contributed by atoms with Gasteiger partial charge in [-0.25, -0.2) is 13.4 Å². The summed E-state index contributed by atoms with van der Waals surface area (Å²) in [7, 11) is -3.36. The third kappa shape index (κ3) is 3.72. The SMILES string of the molecule is Cc1ccc(S(=O)(=O)CCn2cc(Cc3cc(N)nc4n[nH]nc34)cn2)cc1. The first-order valence-corrected chi connectivity index (χ1v) is 10.3. The molecule has 0 fully saturated rings. The first-order valence-electron chi connectivity index (χ1n) is 8.67. The van der Waals surface area contributed by atoms with Gasteiger partial charge in [0.05, 0.1) is 23.4 Å². The number of hydrogen-bond donors (Lipinski definition) is 2. The van der Waals surface area contributed by atoms with E-state index in [1.54, 1.807) is 41.2 Å². The number of rotatable bonds is 6. The minimum absolute atomic E-state index is 0.0209. The zero-order valence-corrected chi connectivity index (χ0v) is 16.0. The second-order valence-electron chi connectivity index (χ2n) is 6.62. The Morgan fingerprint density at radius 1 is 1.18 bits per heavy atom. The summed E-state index contributed by atoms with van der Waals surface area (Å²) >= 11 is 0. The van der Waals surface area contributed by atoms with Crippen LogP contribution in [0.15, 0.2) is 47.6 Å². The normalized spacial score (nSPS) is 11.9. The van der Waals surface area contributed by atoms with Crippen LogP contribution in [0, 0.1) is 6.92 Å². The topological polar surface area (TPSA) is 132 Å². The van der Waals surface area contributed by atoms with Gasteiger partial charge in [0.25, 0.3) is 0 Å². The van der Waals surface area contributed by atoms with E-state index < -0.39 is 9.84 Å².